The summed E-state index contributed by atoms with van der Waals surface area (Å²) in [5.74, 6) is -4.75. The number of halogens is 3. The molecule has 2 heterocycles. The zero-order valence-electron chi connectivity index (χ0n) is 27.1. The molecule has 9 nitrogen and oxygen atoms in total. The highest BCUT2D eigenvalue weighted by Gasteiger charge is 2.70. The van der Waals surface area contributed by atoms with E-state index in [1.54, 1.807) is 73.8 Å². The van der Waals surface area contributed by atoms with Crippen molar-refractivity contribution >= 4 is 80.8 Å². The van der Waals surface area contributed by atoms with Crippen molar-refractivity contribution in [2.75, 3.05) is 17.4 Å². The zero-order chi connectivity index (χ0) is 35.8. The van der Waals surface area contributed by atoms with Gasteiger partial charge in [0.15, 0.2) is 0 Å². The molecule has 4 aromatic rings. The maximum Gasteiger partial charge on any atom is 0.260 e. The predicted octanol–water partition coefficient (Wildman–Crippen LogP) is 7.50. The summed E-state index contributed by atoms with van der Waals surface area (Å²) in [5, 5.41) is 12.4. The monoisotopic (exact) mass is 833 g/mol. The summed E-state index contributed by atoms with van der Waals surface area (Å²) < 4.78 is 6.42. The number of amides is 4. The highest BCUT2D eigenvalue weighted by Crippen LogP contribution is 2.64. The summed E-state index contributed by atoms with van der Waals surface area (Å²) in [6.07, 6.45) is 2.39. The summed E-state index contributed by atoms with van der Waals surface area (Å²) in [5.41, 5.74) is 4.24. The number of phenolic OH excluding ortho intramolecular Hbond substituents is 1. The van der Waals surface area contributed by atoms with Crippen molar-refractivity contribution in [3.8, 4) is 11.5 Å². The second kappa shape index (κ2) is 12.7. The SMILES string of the molecule is COc1ccc(C23C(=O)N(Nc4ccc(Cl)cc4Cl)C(=O)C2CC2C(=CCC4C(=O)N(c5ccc(I)cc5)C(=O)C42)C3c2cccc(O)c2)cc1. The van der Waals surface area contributed by atoms with Crippen molar-refractivity contribution in [1.82, 2.24) is 5.01 Å². The number of phenols is 1. The van der Waals surface area contributed by atoms with Gasteiger partial charge >= 0.3 is 0 Å². The molecule has 2 saturated heterocycles. The number of carbonyl (C=O) groups is 4. The molecule has 6 atom stereocenters. The van der Waals surface area contributed by atoms with Crippen LogP contribution in [0.5, 0.6) is 11.5 Å². The lowest BCUT2D eigenvalue weighted by Crippen LogP contribution is -2.53. The van der Waals surface area contributed by atoms with Crippen molar-refractivity contribution in [2.24, 2.45) is 23.7 Å². The van der Waals surface area contributed by atoms with Crippen LogP contribution in [0.1, 0.15) is 29.9 Å². The highest BCUT2D eigenvalue weighted by atomic mass is 127. The number of nitrogens with zero attached hydrogens (tertiary/aromatic N) is 2. The van der Waals surface area contributed by atoms with E-state index in [0.717, 1.165) is 14.2 Å². The summed E-state index contributed by atoms with van der Waals surface area (Å²) in [7, 11) is 1.55. The summed E-state index contributed by atoms with van der Waals surface area (Å²) in [4.78, 5) is 59.8. The standard InChI is InChI=1S/C39H30Cl2IN3O6/c1-51-26-12-5-21(6-13-26)39-30(36(48)45(38(39)50)43-32-16-7-22(40)18-31(32)41)19-29-27(34(39)20-3-2-4-25(46)17-20)14-15-28-33(29)37(49)44(35(28)47)24-10-8-23(42)9-11-24/h2-14,16-18,28-30,33-34,43,46H,15,19H2,1H3. The molecule has 4 aromatic carbocycles. The number of ether oxygens (including phenoxy) is 1. The van der Waals surface area contributed by atoms with Crippen molar-refractivity contribution in [3.63, 3.8) is 0 Å². The molecule has 0 radical (unpaired) electrons. The van der Waals surface area contributed by atoms with Crippen LogP contribution in [0, 0.1) is 27.2 Å². The average Bonchev–Trinajstić information content (AvgIpc) is 3.50. The van der Waals surface area contributed by atoms with Crippen LogP contribution in [-0.2, 0) is 24.6 Å². The van der Waals surface area contributed by atoms with Gasteiger partial charge in [-0.15, -0.1) is 0 Å². The largest absolute Gasteiger partial charge is 0.508 e. The molecule has 8 rings (SSSR count). The molecule has 12 heteroatoms. The lowest BCUT2D eigenvalue weighted by atomic mass is 9.49. The van der Waals surface area contributed by atoms with E-state index in [9.17, 15) is 19.5 Å². The number of hydrogen-bond acceptors (Lipinski definition) is 7. The van der Waals surface area contributed by atoms with Gasteiger partial charge in [0.05, 0.1) is 46.7 Å². The number of rotatable bonds is 6. The first kappa shape index (κ1) is 33.7. The number of hydrazine groups is 1. The fourth-order valence-corrected chi connectivity index (χ4v) is 9.58. The van der Waals surface area contributed by atoms with Crippen LogP contribution in [0.25, 0.3) is 0 Å². The number of fused-ring (bicyclic) bond motifs is 4. The van der Waals surface area contributed by atoms with Gasteiger partial charge < -0.3 is 9.84 Å². The molecule has 2 aliphatic carbocycles. The van der Waals surface area contributed by atoms with Crippen molar-refractivity contribution in [3.05, 3.63) is 127 Å². The number of imide groups is 2. The molecule has 2 N–H and O–H groups in total. The Morgan fingerprint density at radius 2 is 1.63 bits per heavy atom. The highest BCUT2D eigenvalue weighted by molar-refractivity contribution is 14.1. The van der Waals surface area contributed by atoms with Gasteiger partial charge in [-0.25, -0.2) is 0 Å². The molecule has 3 fully saturated rings. The predicted molar refractivity (Wildman–Crippen MR) is 200 cm³/mol. The molecule has 4 amide bonds. The van der Waals surface area contributed by atoms with Crippen molar-refractivity contribution in [2.45, 2.75) is 24.2 Å². The Hall–Kier alpha value is -4.39. The fraction of sp³-hybridized carbons (Fsp3) is 0.231. The zero-order valence-corrected chi connectivity index (χ0v) is 30.7. The lowest BCUT2D eigenvalue weighted by molar-refractivity contribution is -0.138. The van der Waals surface area contributed by atoms with Gasteiger partial charge in [0.2, 0.25) is 11.8 Å². The molecule has 6 unspecified atom stereocenters. The molecule has 0 spiro atoms. The van der Waals surface area contributed by atoms with Crippen LogP contribution in [0.3, 0.4) is 0 Å². The normalized spacial score (nSPS) is 26.8. The lowest BCUT2D eigenvalue weighted by Gasteiger charge is -2.50. The molecule has 0 aromatic heterocycles. The van der Waals surface area contributed by atoms with Gasteiger partial charge in [0.1, 0.15) is 11.5 Å². The summed E-state index contributed by atoms with van der Waals surface area (Å²) in [6.45, 7) is 0. The molecule has 2 aliphatic heterocycles. The van der Waals surface area contributed by atoms with Gasteiger partial charge in [-0.3, -0.25) is 29.5 Å². The minimum absolute atomic E-state index is 0.0120. The number of hydrogen-bond donors (Lipinski definition) is 2. The number of nitrogens with one attached hydrogen (secondary N) is 1. The first-order valence-corrected chi connectivity index (χ1v) is 18.2. The third-order valence-corrected chi connectivity index (χ3v) is 12.1. The molecular formula is C39H30Cl2IN3O6. The minimum Gasteiger partial charge on any atom is -0.508 e. The first-order chi connectivity index (χ1) is 24.5. The second-order valence-electron chi connectivity index (χ2n) is 13.3. The number of aromatic hydroxyl groups is 1. The average molecular weight is 834 g/mol. The van der Waals surface area contributed by atoms with Crippen LogP contribution >= 0.6 is 45.8 Å². The molecule has 4 aliphatic rings. The van der Waals surface area contributed by atoms with E-state index in [1.165, 1.54) is 11.0 Å². The van der Waals surface area contributed by atoms with Crippen molar-refractivity contribution < 1.29 is 29.0 Å². The third-order valence-electron chi connectivity index (χ3n) is 10.9. The number of benzene rings is 4. The van der Waals surface area contributed by atoms with E-state index in [0.29, 0.717) is 33.3 Å². The van der Waals surface area contributed by atoms with E-state index < -0.39 is 46.8 Å². The van der Waals surface area contributed by atoms with Gasteiger partial charge in [-0.1, -0.05) is 59.1 Å². The van der Waals surface area contributed by atoms with Gasteiger partial charge in [-0.05, 0) is 119 Å². The Balaban J connectivity index is 1.32. The number of allylic oxidation sites excluding steroid dienone is 2. The van der Waals surface area contributed by atoms with Crippen molar-refractivity contribution in [1.29, 1.82) is 0 Å². The molecule has 1 saturated carbocycles. The topological polar surface area (TPSA) is 116 Å². The maximum absolute atomic E-state index is 15.3. The third kappa shape index (κ3) is 5.16. The van der Waals surface area contributed by atoms with E-state index >= 15 is 4.79 Å². The summed E-state index contributed by atoms with van der Waals surface area (Å²) >= 11 is 14.9. The van der Waals surface area contributed by atoms with E-state index in [-0.39, 0.29) is 35.4 Å². The molecule has 258 valence electrons. The molecule has 0 bridgehead atoms. The number of anilines is 2. The van der Waals surface area contributed by atoms with E-state index in [1.807, 2.05) is 24.3 Å². The maximum atomic E-state index is 15.3. The Kier molecular flexibility index (Phi) is 8.39. The fourth-order valence-electron chi connectivity index (χ4n) is 8.77. The number of carbonyl (C=O) groups excluding carboxylic acids is 4. The van der Waals surface area contributed by atoms with Gasteiger partial charge in [-0.2, -0.15) is 5.01 Å². The Labute approximate surface area is 317 Å². The number of methoxy groups -OCH3 is 1. The summed E-state index contributed by atoms with van der Waals surface area (Å²) in [6, 6.07) is 25.7. The quantitative estimate of drug-likeness (QED) is 0.118. The second-order valence-corrected chi connectivity index (χ2v) is 15.4. The van der Waals surface area contributed by atoms with Crippen LogP contribution < -0.4 is 15.1 Å². The van der Waals surface area contributed by atoms with Crippen LogP contribution in [0.15, 0.2) is 103 Å². The Morgan fingerprint density at radius 1 is 0.882 bits per heavy atom. The Bertz CT molecular complexity index is 2160. The van der Waals surface area contributed by atoms with E-state index in [4.69, 9.17) is 27.9 Å². The van der Waals surface area contributed by atoms with Gasteiger partial charge in [0, 0.05) is 14.5 Å². The van der Waals surface area contributed by atoms with Gasteiger partial charge in [0.25, 0.3) is 11.8 Å². The Morgan fingerprint density at radius 3 is 2.31 bits per heavy atom. The van der Waals surface area contributed by atoms with Crippen LogP contribution in [-0.4, -0.2) is 40.9 Å². The van der Waals surface area contributed by atoms with Crippen LogP contribution in [0.2, 0.25) is 10.0 Å². The minimum atomic E-state index is -1.51. The van der Waals surface area contributed by atoms with E-state index in [2.05, 4.69) is 28.0 Å². The van der Waals surface area contributed by atoms with Crippen LogP contribution in [0.4, 0.5) is 11.4 Å². The smallest absolute Gasteiger partial charge is 0.260 e. The molecule has 51 heavy (non-hydrogen) atoms. The first-order valence-electron chi connectivity index (χ1n) is 16.4. The molecular weight excluding hydrogens is 804 g/mol.